The van der Waals surface area contributed by atoms with Crippen LogP contribution < -0.4 is 5.32 Å². The summed E-state index contributed by atoms with van der Waals surface area (Å²) in [5.41, 5.74) is 0. The maximum absolute atomic E-state index is 5.53. The normalized spacial score (nSPS) is 23.2. The quantitative estimate of drug-likeness (QED) is 0.911. The third kappa shape index (κ3) is 3.54. The summed E-state index contributed by atoms with van der Waals surface area (Å²) in [6, 6.07) is 4.27. The van der Waals surface area contributed by atoms with Crippen molar-refractivity contribution >= 4 is 27.7 Å². The van der Waals surface area contributed by atoms with Crippen molar-refractivity contribution in [3.05, 3.63) is 22.6 Å². The number of nitrogens with one attached hydrogen (secondary N) is 1. The van der Waals surface area contributed by atoms with Gasteiger partial charge in [-0.25, -0.2) is 0 Å². The molecule has 1 saturated heterocycles. The summed E-state index contributed by atoms with van der Waals surface area (Å²) in [6.07, 6.45) is 4.13. The molecule has 1 fully saturated rings. The summed E-state index contributed by atoms with van der Waals surface area (Å²) < 4.78 is 6.34. The Hall–Kier alpha value is 0.0700. The Kier molecular flexibility index (Phi) is 4.79. The summed E-state index contributed by atoms with van der Waals surface area (Å²) in [5.74, 6) is 2.33. The lowest BCUT2D eigenvalue weighted by atomic mass is 10.2. The molecule has 1 aliphatic heterocycles. The van der Waals surface area contributed by atoms with E-state index >= 15 is 0 Å². The van der Waals surface area contributed by atoms with Crippen LogP contribution in [0.4, 0.5) is 0 Å². The zero-order chi connectivity index (χ0) is 11.4. The topological polar surface area (TPSA) is 25.2 Å². The van der Waals surface area contributed by atoms with Crippen molar-refractivity contribution in [2.75, 3.05) is 12.3 Å². The summed E-state index contributed by atoms with van der Waals surface area (Å²) in [5, 5.41) is 4.33. The van der Waals surface area contributed by atoms with Crippen LogP contribution in [0.25, 0.3) is 0 Å². The second kappa shape index (κ2) is 6.12. The predicted molar refractivity (Wildman–Crippen MR) is 72.9 cm³/mol. The lowest BCUT2D eigenvalue weighted by Crippen LogP contribution is -2.28. The van der Waals surface area contributed by atoms with Crippen LogP contribution in [-0.2, 0) is 0 Å². The Morgan fingerprint density at radius 2 is 2.44 bits per heavy atom. The smallest absolute Gasteiger partial charge is 0.169 e. The van der Waals surface area contributed by atoms with Gasteiger partial charge in [0.2, 0.25) is 0 Å². The molecule has 0 spiro atoms. The summed E-state index contributed by atoms with van der Waals surface area (Å²) in [4.78, 5) is 0. The van der Waals surface area contributed by atoms with Crippen LogP contribution in [0.1, 0.15) is 38.0 Å². The lowest BCUT2D eigenvalue weighted by molar-refractivity contribution is 0.415. The highest BCUT2D eigenvalue weighted by atomic mass is 79.9. The fourth-order valence-corrected chi connectivity index (χ4v) is 3.51. The molecule has 4 heteroatoms. The molecule has 0 saturated carbocycles. The number of rotatable bonds is 4. The van der Waals surface area contributed by atoms with Crippen LogP contribution >= 0.6 is 27.7 Å². The largest absolute Gasteiger partial charge is 0.453 e. The molecule has 0 amide bonds. The average Bonchev–Trinajstić information content (AvgIpc) is 2.74. The SMILES string of the molecule is CC(NCC1CCCCS1)c1ccc(Br)o1. The molecular weight excluding hydrogens is 286 g/mol. The number of hydrogen-bond donors (Lipinski definition) is 1. The molecule has 2 heterocycles. The summed E-state index contributed by atoms with van der Waals surface area (Å²) in [6.45, 7) is 3.24. The van der Waals surface area contributed by atoms with Crippen molar-refractivity contribution in [3.63, 3.8) is 0 Å². The van der Waals surface area contributed by atoms with Crippen LogP contribution in [0.2, 0.25) is 0 Å². The van der Waals surface area contributed by atoms with E-state index in [4.69, 9.17) is 4.42 Å². The number of hydrogen-bond acceptors (Lipinski definition) is 3. The number of furan rings is 1. The summed E-state index contributed by atoms with van der Waals surface area (Å²) >= 11 is 5.43. The zero-order valence-corrected chi connectivity index (χ0v) is 11.9. The lowest BCUT2D eigenvalue weighted by Gasteiger charge is -2.23. The minimum atomic E-state index is 0.300. The second-order valence-corrected chi connectivity index (χ2v) is 6.45. The zero-order valence-electron chi connectivity index (χ0n) is 9.54. The van der Waals surface area contributed by atoms with Crippen molar-refractivity contribution in [1.82, 2.24) is 5.32 Å². The van der Waals surface area contributed by atoms with Crippen LogP contribution in [-0.4, -0.2) is 17.5 Å². The fourth-order valence-electron chi connectivity index (χ4n) is 1.94. The molecule has 1 aromatic heterocycles. The number of halogens is 1. The highest BCUT2D eigenvalue weighted by Gasteiger charge is 2.16. The minimum Gasteiger partial charge on any atom is -0.453 e. The maximum atomic E-state index is 5.53. The highest BCUT2D eigenvalue weighted by Crippen LogP contribution is 2.25. The fraction of sp³-hybridized carbons (Fsp3) is 0.667. The molecule has 0 bridgehead atoms. The van der Waals surface area contributed by atoms with E-state index in [0.29, 0.717) is 6.04 Å². The average molecular weight is 304 g/mol. The molecule has 2 nitrogen and oxygen atoms in total. The van der Waals surface area contributed by atoms with Crippen LogP contribution in [0.15, 0.2) is 21.2 Å². The predicted octanol–water partition coefficient (Wildman–Crippen LogP) is 3.98. The van der Waals surface area contributed by atoms with Crippen molar-refractivity contribution in [1.29, 1.82) is 0 Å². The van der Waals surface area contributed by atoms with Crippen molar-refractivity contribution in [2.45, 2.75) is 37.5 Å². The highest BCUT2D eigenvalue weighted by molar-refractivity contribution is 9.10. The monoisotopic (exact) mass is 303 g/mol. The van der Waals surface area contributed by atoms with Crippen LogP contribution in [0.5, 0.6) is 0 Å². The van der Waals surface area contributed by atoms with E-state index in [9.17, 15) is 0 Å². The van der Waals surface area contributed by atoms with Crippen LogP contribution in [0, 0.1) is 0 Å². The van der Waals surface area contributed by atoms with E-state index in [1.807, 2.05) is 12.1 Å². The molecule has 0 radical (unpaired) electrons. The molecule has 0 aliphatic carbocycles. The minimum absolute atomic E-state index is 0.300. The molecule has 2 rings (SSSR count). The van der Waals surface area contributed by atoms with E-state index in [2.05, 4.69) is 39.9 Å². The molecule has 2 unspecified atom stereocenters. The standard InChI is InChI=1S/C12H18BrNOS/c1-9(11-5-6-12(13)15-11)14-8-10-4-2-3-7-16-10/h5-6,9-10,14H,2-4,7-8H2,1H3. The van der Waals surface area contributed by atoms with Gasteiger partial charge in [0.05, 0.1) is 6.04 Å². The first-order valence-electron chi connectivity index (χ1n) is 5.86. The van der Waals surface area contributed by atoms with Crippen LogP contribution in [0.3, 0.4) is 0 Å². The first-order chi connectivity index (χ1) is 7.75. The third-order valence-corrected chi connectivity index (χ3v) is 4.77. The molecule has 16 heavy (non-hydrogen) atoms. The van der Waals surface area contributed by atoms with Gasteiger partial charge in [-0.2, -0.15) is 11.8 Å². The Labute approximate surface area is 110 Å². The van der Waals surface area contributed by atoms with Crippen molar-refractivity contribution < 1.29 is 4.42 Å². The molecule has 1 aromatic rings. The molecule has 90 valence electrons. The Morgan fingerprint density at radius 1 is 1.56 bits per heavy atom. The third-order valence-electron chi connectivity index (χ3n) is 2.95. The van der Waals surface area contributed by atoms with Gasteiger partial charge in [0.25, 0.3) is 0 Å². The van der Waals surface area contributed by atoms with Gasteiger partial charge in [-0.15, -0.1) is 0 Å². The maximum Gasteiger partial charge on any atom is 0.169 e. The first kappa shape index (κ1) is 12.5. The molecular formula is C12H18BrNOS. The number of thioether (sulfide) groups is 1. The van der Waals surface area contributed by atoms with Gasteiger partial charge in [0.1, 0.15) is 5.76 Å². The Morgan fingerprint density at radius 3 is 3.06 bits per heavy atom. The van der Waals surface area contributed by atoms with Crippen molar-refractivity contribution in [3.8, 4) is 0 Å². The Balaban J connectivity index is 1.76. The van der Waals surface area contributed by atoms with Gasteiger partial charge >= 0.3 is 0 Å². The second-order valence-electron chi connectivity index (χ2n) is 4.26. The van der Waals surface area contributed by atoms with Gasteiger partial charge in [-0.05, 0) is 53.6 Å². The first-order valence-corrected chi connectivity index (χ1v) is 7.70. The van der Waals surface area contributed by atoms with Gasteiger partial charge < -0.3 is 9.73 Å². The van der Waals surface area contributed by atoms with E-state index in [0.717, 1.165) is 22.2 Å². The molecule has 0 aromatic carbocycles. The van der Waals surface area contributed by atoms with Gasteiger partial charge in [0.15, 0.2) is 4.67 Å². The molecule has 1 N–H and O–H groups in total. The van der Waals surface area contributed by atoms with E-state index in [1.165, 1.54) is 25.0 Å². The van der Waals surface area contributed by atoms with E-state index in [-0.39, 0.29) is 0 Å². The molecule has 2 atom stereocenters. The van der Waals surface area contributed by atoms with E-state index < -0.39 is 0 Å². The summed E-state index contributed by atoms with van der Waals surface area (Å²) in [7, 11) is 0. The van der Waals surface area contributed by atoms with Gasteiger partial charge in [-0.1, -0.05) is 6.42 Å². The molecule has 1 aliphatic rings. The van der Waals surface area contributed by atoms with E-state index in [1.54, 1.807) is 0 Å². The van der Waals surface area contributed by atoms with Gasteiger partial charge in [0, 0.05) is 11.8 Å². The van der Waals surface area contributed by atoms with Gasteiger partial charge in [-0.3, -0.25) is 0 Å². The Bertz CT molecular complexity index is 323. The van der Waals surface area contributed by atoms with Crippen molar-refractivity contribution in [2.24, 2.45) is 0 Å².